The maximum Gasteiger partial charge on any atom is 0.239 e. The van der Waals surface area contributed by atoms with Crippen molar-refractivity contribution < 1.29 is 9.90 Å². The molecule has 2 atom stereocenters. The van der Waals surface area contributed by atoms with Crippen LogP contribution in [0.4, 0.5) is 0 Å². The van der Waals surface area contributed by atoms with E-state index in [9.17, 15) is 9.90 Å². The van der Waals surface area contributed by atoms with Gasteiger partial charge in [0.2, 0.25) is 5.91 Å². The van der Waals surface area contributed by atoms with Crippen LogP contribution in [0.1, 0.15) is 18.9 Å². The Hall–Kier alpha value is -1.55. The second-order valence-electron chi connectivity index (χ2n) is 5.16. The molecule has 0 aliphatic carbocycles. The number of phenols is 1. The minimum atomic E-state index is -0.486. The molecule has 3 N–H and O–H groups in total. The molecule has 1 aromatic rings. The number of amides is 1. The molecule has 18 heavy (non-hydrogen) atoms. The molecular formula is C14H20N2O2. The molecule has 0 aromatic heterocycles. The zero-order chi connectivity index (χ0) is 13.1. The van der Waals surface area contributed by atoms with Crippen molar-refractivity contribution in [3.63, 3.8) is 0 Å². The lowest BCUT2D eigenvalue weighted by Gasteiger charge is -2.20. The molecule has 1 unspecified atom stereocenters. The van der Waals surface area contributed by atoms with Crippen molar-refractivity contribution >= 4 is 5.91 Å². The summed E-state index contributed by atoms with van der Waals surface area (Å²) in [7, 11) is 0. The molecule has 0 radical (unpaired) electrons. The molecule has 98 valence electrons. The Morgan fingerprint density at radius 2 is 2.17 bits per heavy atom. The van der Waals surface area contributed by atoms with Gasteiger partial charge >= 0.3 is 0 Å². The van der Waals surface area contributed by atoms with Gasteiger partial charge in [0.25, 0.3) is 0 Å². The van der Waals surface area contributed by atoms with E-state index in [4.69, 9.17) is 5.73 Å². The molecule has 4 heteroatoms. The summed E-state index contributed by atoms with van der Waals surface area (Å²) in [5.41, 5.74) is 6.93. The maximum absolute atomic E-state index is 12.1. The van der Waals surface area contributed by atoms with Gasteiger partial charge in [0, 0.05) is 13.1 Å². The van der Waals surface area contributed by atoms with Crippen LogP contribution in [0.5, 0.6) is 5.75 Å². The summed E-state index contributed by atoms with van der Waals surface area (Å²) >= 11 is 0. The maximum atomic E-state index is 12.1. The fraction of sp³-hybridized carbons (Fsp3) is 0.500. The Bertz CT molecular complexity index is 416. The molecule has 1 saturated heterocycles. The summed E-state index contributed by atoms with van der Waals surface area (Å²) in [6, 6.07) is 6.35. The summed E-state index contributed by atoms with van der Waals surface area (Å²) in [5.74, 6) is 0.842. The third-order valence-electron chi connectivity index (χ3n) is 3.44. The number of rotatable bonds is 3. The van der Waals surface area contributed by atoms with E-state index in [0.29, 0.717) is 12.3 Å². The largest absolute Gasteiger partial charge is 0.508 e. The van der Waals surface area contributed by atoms with Crippen molar-refractivity contribution in [3.05, 3.63) is 29.8 Å². The Kier molecular flexibility index (Phi) is 3.87. The molecule has 2 rings (SSSR count). The van der Waals surface area contributed by atoms with Gasteiger partial charge in [-0.2, -0.15) is 0 Å². The van der Waals surface area contributed by atoms with E-state index in [2.05, 4.69) is 6.92 Å². The van der Waals surface area contributed by atoms with Crippen LogP contribution in [0, 0.1) is 5.92 Å². The highest BCUT2D eigenvalue weighted by Crippen LogP contribution is 2.17. The predicted molar refractivity (Wildman–Crippen MR) is 70.1 cm³/mol. The number of hydrogen-bond donors (Lipinski definition) is 2. The van der Waals surface area contributed by atoms with Gasteiger partial charge in [0.1, 0.15) is 5.75 Å². The van der Waals surface area contributed by atoms with E-state index < -0.39 is 6.04 Å². The van der Waals surface area contributed by atoms with Crippen molar-refractivity contribution in [2.24, 2.45) is 11.7 Å². The Morgan fingerprint density at radius 3 is 2.72 bits per heavy atom. The van der Waals surface area contributed by atoms with E-state index in [-0.39, 0.29) is 11.7 Å². The van der Waals surface area contributed by atoms with Crippen LogP contribution in [-0.2, 0) is 11.2 Å². The minimum absolute atomic E-state index is 0.0347. The first kappa shape index (κ1) is 12.9. The zero-order valence-corrected chi connectivity index (χ0v) is 10.7. The minimum Gasteiger partial charge on any atom is -0.508 e. The van der Waals surface area contributed by atoms with Gasteiger partial charge in [-0.3, -0.25) is 4.79 Å². The third-order valence-corrected chi connectivity index (χ3v) is 3.44. The van der Waals surface area contributed by atoms with Crippen LogP contribution in [0.15, 0.2) is 24.3 Å². The van der Waals surface area contributed by atoms with E-state index in [0.717, 1.165) is 25.1 Å². The van der Waals surface area contributed by atoms with Crippen LogP contribution in [0.2, 0.25) is 0 Å². The van der Waals surface area contributed by atoms with Gasteiger partial charge < -0.3 is 15.7 Å². The highest BCUT2D eigenvalue weighted by atomic mass is 16.3. The number of likely N-dealkylation sites (tertiary alicyclic amines) is 1. The summed E-state index contributed by atoms with van der Waals surface area (Å²) in [5, 5.41) is 9.20. The summed E-state index contributed by atoms with van der Waals surface area (Å²) < 4.78 is 0. The van der Waals surface area contributed by atoms with Gasteiger partial charge in [0.05, 0.1) is 6.04 Å². The molecule has 1 aliphatic rings. The molecule has 0 spiro atoms. The van der Waals surface area contributed by atoms with Gasteiger partial charge in [-0.25, -0.2) is 0 Å². The van der Waals surface area contributed by atoms with E-state index in [1.54, 1.807) is 24.3 Å². The van der Waals surface area contributed by atoms with E-state index in [1.165, 1.54) is 0 Å². The molecule has 0 saturated carbocycles. The van der Waals surface area contributed by atoms with Crippen LogP contribution in [-0.4, -0.2) is 35.0 Å². The van der Waals surface area contributed by atoms with Crippen LogP contribution >= 0.6 is 0 Å². The zero-order valence-electron chi connectivity index (χ0n) is 10.7. The first-order valence-electron chi connectivity index (χ1n) is 6.38. The standard InChI is InChI=1S/C14H20N2O2/c1-10-6-7-16(9-10)14(18)13(15)8-11-2-4-12(17)5-3-11/h2-5,10,13,17H,6-9,15H2,1H3/t10?,13-/m0/s1. The lowest BCUT2D eigenvalue weighted by molar-refractivity contribution is -0.131. The molecule has 1 aliphatic heterocycles. The van der Waals surface area contributed by atoms with E-state index in [1.807, 2.05) is 4.90 Å². The van der Waals surface area contributed by atoms with Crippen LogP contribution < -0.4 is 5.73 Å². The molecule has 1 fully saturated rings. The molecule has 1 heterocycles. The van der Waals surface area contributed by atoms with E-state index >= 15 is 0 Å². The first-order chi connectivity index (χ1) is 8.56. The molecule has 1 amide bonds. The fourth-order valence-electron chi connectivity index (χ4n) is 2.34. The summed E-state index contributed by atoms with van der Waals surface area (Å²) in [6.45, 7) is 3.80. The smallest absolute Gasteiger partial charge is 0.239 e. The van der Waals surface area contributed by atoms with Gasteiger partial charge in [0.15, 0.2) is 0 Å². The Labute approximate surface area is 107 Å². The van der Waals surface area contributed by atoms with Crippen molar-refractivity contribution in [2.45, 2.75) is 25.8 Å². The van der Waals surface area contributed by atoms with Crippen LogP contribution in [0.25, 0.3) is 0 Å². The average molecular weight is 248 g/mol. The second-order valence-corrected chi connectivity index (χ2v) is 5.16. The van der Waals surface area contributed by atoms with Crippen molar-refractivity contribution in [2.75, 3.05) is 13.1 Å². The highest BCUT2D eigenvalue weighted by Gasteiger charge is 2.27. The fourth-order valence-corrected chi connectivity index (χ4v) is 2.34. The quantitative estimate of drug-likeness (QED) is 0.842. The number of nitrogens with zero attached hydrogens (tertiary/aromatic N) is 1. The second kappa shape index (κ2) is 5.40. The number of carbonyl (C=O) groups excluding carboxylic acids is 1. The average Bonchev–Trinajstić information content (AvgIpc) is 2.78. The van der Waals surface area contributed by atoms with Crippen LogP contribution in [0.3, 0.4) is 0 Å². The van der Waals surface area contributed by atoms with Crippen molar-refractivity contribution in [1.82, 2.24) is 4.90 Å². The number of hydrogen-bond acceptors (Lipinski definition) is 3. The lowest BCUT2D eigenvalue weighted by Crippen LogP contribution is -2.43. The number of phenolic OH excluding ortho intramolecular Hbond substituents is 1. The normalized spacial score (nSPS) is 21.0. The SMILES string of the molecule is CC1CCN(C(=O)[C@@H](N)Cc2ccc(O)cc2)C1. The molecule has 1 aromatic carbocycles. The first-order valence-corrected chi connectivity index (χ1v) is 6.38. The lowest BCUT2D eigenvalue weighted by atomic mass is 10.1. The monoisotopic (exact) mass is 248 g/mol. The molecule has 0 bridgehead atoms. The Balaban J connectivity index is 1.93. The molecule has 4 nitrogen and oxygen atoms in total. The van der Waals surface area contributed by atoms with Gasteiger partial charge in [-0.05, 0) is 36.5 Å². The summed E-state index contributed by atoms with van der Waals surface area (Å²) in [6.07, 6.45) is 1.58. The number of aromatic hydroxyl groups is 1. The third kappa shape index (κ3) is 3.01. The van der Waals surface area contributed by atoms with Gasteiger partial charge in [-0.1, -0.05) is 19.1 Å². The highest BCUT2D eigenvalue weighted by molar-refractivity contribution is 5.82. The number of nitrogens with two attached hydrogens (primary N) is 1. The number of carbonyl (C=O) groups is 1. The number of benzene rings is 1. The van der Waals surface area contributed by atoms with Gasteiger partial charge in [-0.15, -0.1) is 0 Å². The Morgan fingerprint density at radius 1 is 1.50 bits per heavy atom. The van der Waals surface area contributed by atoms with Crippen molar-refractivity contribution in [1.29, 1.82) is 0 Å². The van der Waals surface area contributed by atoms with Crippen molar-refractivity contribution in [3.8, 4) is 5.75 Å². The molecular weight excluding hydrogens is 228 g/mol. The topological polar surface area (TPSA) is 66.6 Å². The summed E-state index contributed by atoms with van der Waals surface area (Å²) in [4.78, 5) is 14.0. The predicted octanol–water partition coefficient (Wildman–Crippen LogP) is 1.13.